The summed E-state index contributed by atoms with van der Waals surface area (Å²) in [5, 5.41) is 6.88. The molecule has 0 saturated carbocycles. The van der Waals surface area contributed by atoms with E-state index >= 15 is 0 Å². The topological polar surface area (TPSA) is 45.7 Å². The number of rotatable bonds is 9. The highest BCUT2D eigenvalue weighted by atomic mass is 16.5. The molecule has 1 atom stereocenters. The molecular weight excluding hydrogens is 262 g/mol. The van der Waals surface area contributed by atoms with E-state index in [9.17, 15) is 0 Å². The highest BCUT2D eigenvalue weighted by Crippen LogP contribution is 2.10. The summed E-state index contributed by atoms with van der Waals surface area (Å²) in [6.45, 7) is 7.07. The molecule has 0 saturated heterocycles. The standard InChI is InChI=1S/C17H33N3O/c1-4-5-6-7-8-15(2)20-17(18-3)19-12-9-16-10-13-21-14-11-16/h10,15H,4-9,11-14H2,1-3H3,(H2,18,19,20). The Bertz CT molecular complexity index is 326. The molecule has 122 valence electrons. The van der Waals surface area contributed by atoms with Gasteiger partial charge in [0.2, 0.25) is 0 Å². The van der Waals surface area contributed by atoms with Crippen LogP contribution in [0.3, 0.4) is 0 Å². The van der Waals surface area contributed by atoms with Crippen molar-refractivity contribution in [2.75, 3.05) is 26.8 Å². The van der Waals surface area contributed by atoms with Crippen molar-refractivity contribution in [3.63, 3.8) is 0 Å². The van der Waals surface area contributed by atoms with Gasteiger partial charge in [0.25, 0.3) is 0 Å². The van der Waals surface area contributed by atoms with E-state index < -0.39 is 0 Å². The number of aliphatic imine (C=N–C) groups is 1. The molecule has 0 aromatic heterocycles. The van der Waals surface area contributed by atoms with E-state index in [-0.39, 0.29) is 0 Å². The Balaban J connectivity index is 2.14. The largest absolute Gasteiger partial charge is 0.377 e. The third-order valence-electron chi connectivity index (χ3n) is 3.89. The minimum atomic E-state index is 0.482. The second kappa shape index (κ2) is 11.6. The van der Waals surface area contributed by atoms with Crippen molar-refractivity contribution in [1.82, 2.24) is 10.6 Å². The van der Waals surface area contributed by atoms with Gasteiger partial charge in [0.05, 0.1) is 13.2 Å². The summed E-state index contributed by atoms with van der Waals surface area (Å²) in [5.74, 6) is 0.922. The summed E-state index contributed by atoms with van der Waals surface area (Å²) < 4.78 is 5.32. The number of ether oxygens (including phenoxy) is 1. The van der Waals surface area contributed by atoms with Crippen LogP contribution in [0.1, 0.15) is 58.8 Å². The number of hydrogen-bond acceptors (Lipinski definition) is 2. The second-order valence-electron chi connectivity index (χ2n) is 5.83. The fraction of sp³-hybridized carbons (Fsp3) is 0.824. The number of nitrogens with one attached hydrogen (secondary N) is 2. The number of unbranched alkanes of at least 4 members (excludes halogenated alkanes) is 3. The van der Waals surface area contributed by atoms with Crippen LogP contribution in [0.2, 0.25) is 0 Å². The van der Waals surface area contributed by atoms with Crippen LogP contribution >= 0.6 is 0 Å². The van der Waals surface area contributed by atoms with Gasteiger partial charge in [-0.3, -0.25) is 4.99 Å². The Morgan fingerprint density at radius 3 is 2.90 bits per heavy atom. The maximum Gasteiger partial charge on any atom is 0.191 e. The minimum Gasteiger partial charge on any atom is -0.377 e. The van der Waals surface area contributed by atoms with Crippen LogP contribution in [0.4, 0.5) is 0 Å². The monoisotopic (exact) mass is 295 g/mol. The van der Waals surface area contributed by atoms with Gasteiger partial charge in [-0.1, -0.05) is 44.3 Å². The zero-order chi connectivity index (χ0) is 15.3. The van der Waals surface area contributed by atoms with Gasteiger partial charge in [-0.05, 0) is 26.2 Å². The van der Waals surface area contributed by atoms with Crippen molar-refractivity contribution >= 4 is 5.96 Å². The predicted molar refractivity (Wildman–Crippen MR) is 90.9 cm³/mol. The van der Waals surface area contributed by atoms with Crippen LogP contribution in [0.25, 0.3) is 0 Å². The molecule has 1 unspecified atom stereocenters. The molecule has 0 bridgehead atoms. The van der Waals surface area contributed by atoms with E-state index in [1.807, 2.05) is 7.05 Å². The highest BCUT2D eigenvalue weighted by Gasteiger charge is 2.06. The lowest BCUT2D eigenvalue weighted by Crippen LogP contribution is -2.42. The molecule has 1 aliphatic rings. The first-order chi connectivity index (χ1) is 10.3. The molecule has 0 fully saturated rings. The summed E-state index contributed by atoms with van der Waals surface area (Å²) in [5.41, 5.74) is 1.50. The fourth-order valence-corrected chi connectivity index (χ4v) is 2.51. The van der Waals surface area contributed by atoms with Gasteiger partial charge in [-0.25, -0.2) is 0 Å². The SMILES string of the molecule is CCCCCCC(C)NC(=NC)NCCC1=CCOCC1. The van der Waals surface area contributed by atoms with Crippen molar-refractivity contribution < 1.29 is 4.74 Å². The van der Waals surface area contributed by atoms with E-state index in [0.29, 0.717) is 6.04 Å². The Labute approximate surface area is 130 Å². The molecule has 4 heteroatoms. The van der Waals surface area contributed by atoms with Crippen LogP contribution in [0, 0.1) is 0 Å². The molecule has 0 aromatic carbocycles. The lowest BCUT2D eigenvalue weighted by Gasteiger charge is -2.19. The molecule has 21 heavy (non-hydrogen) atoms. The molecule has 1 rings (SSSR count). The molecular formula is C17H33N3O. The first-order valence-corrected chi connectivity index (χ1v) is 8.49. The quantitative estimate of drug-likeness (QED) is 0.297. The van der Waals surface area contributed by atoms with Crippen molar-refractivity contribution in [3.8, 4) is 0 Å². The summed E-state index contributed by atoms with van der Waals surface area (Å²) >= 11 is 0. The lowest BCUT2D eigenvalue weighted by molar-refractivity contribution is 0.153. The summed E-state index contributed by atoms with van der Waals surface area (Å²) in [4.78, 5) is 4.31. The second-order valence-corrected chi connectivity index (χ2v) is 5.83. The van der Waals surface area contributed by atoms with Gasteiger partial charge < -0.3 is 15.4 Å². The van der Waals surface area contributed by atoms with Crippen molar-refractivity contribution in [2.24, 2.45) is 4.99 Å². The molecule has 0 radical (unpaired) electrons. The van der Waals surface area contributed by atoms with Crippen LogP contribution in [-0.2, 0) is 4.74 Å². The highest BCUT2D eigenvalue weighted by molar-refractivity contribution is 5.79. The Morgan fingerprint density at radius 1 is 1.38 bits per heavy atom. The van der Waals surface area contributed by atoms with Gasteiger partial charge in [-0.15, -0.1) is 0 Å². The van der Waals surface area contributed by atoms with Gasteiger partial charge in [-0.2, -0.15) is 0 Å². The molecule has 1 heterocycles. The minimum absolute atomic E-state index is 0.482. The lowest BCUT2D eigenvalue weighted by atomic mass is 10.1. The van der Waals surface area contributed by atoms with Crippen molar-refractivity contribution in [1.29, 1.82) is 0 Å². The average molecular weight is 295 g/mol. The zero-order valence-electron chi connectivity index (χ0n) is 14.1. The molecule has 4 nitrogen and oxygen atoms in total. The van der Waals surface area contributed by atoms with Gasteiger partial charge in [0, 0.05) is 19.6 Å². The van der Waals surface area contributed by atoms with E-state index in [0.717, 1.165) is 38.6 Å². The summed E-state index contributed by atoms with van der Waals surface area (Å²) in [7, 11) is 1.84. The number of hydrogen-bond donors (Lipinski definition) is 2. The first-order valence-electron chi connectivity index (χ1n) is 8.49. The van der Waals surface area contributed by atoms with Crippen LogP contribution in [-0.4, -0.2) is 38.8 Å². The van der Waals surface area contributed by atoms with Crippen LogP contribution in [0.15, 0.2) is 16.6 Å². The van der Waals surface area contributed by atoms with E-state index in [1.54, 1.807) is 0 Å². The van der Waals surface area contributed by atoms with Crippen LogP contribution < -0.4 is 10.6 Å². The van der Waals surface area contributed by atoms with Gasteiger partial charge in [0.15, 0.2) is 5.96 Å². The molecule has 0 aliphatic carbocycles. The third-order valence-corrected chi connectivity index (χ3v) is 3.89. The van der Waals surface area contributed by atoms with Crippen molar-refractivity contribution in [3.05, 3.63) is 11.6 Å². The zero-order valence-corrected chi connectivity index (χ0v) is 14.1. The van der Waals surface area contributed by atoms with Crippen LogP contribution in [0.5, 0.6) is 0 Å². The fourth-order valence-electron chi connectivity index (χ4n) is 2.51. The van der Waals surface area contributed by atoms with E-state index in [1.165, 1.54) is 37.7 Å². The molecule has 2 N–H and O–H groups in total. The molecule has 1 aliphatic heterocycles. The van der Waals surface area contributed by atoms with E-state index in [2.05, 4.69) is 35.5 Å². The summed E-state index contributed by atoms with van der Waals surface area (Å²) in [6.07, 6.45) is 10.8. The Hall–Kier alpha value is -1.03. The average Bonchev–Trinajstić information content (AvgIpc) is 2.51. The Kier molecular flexibility index (Phi) is 9.96. The summed E-state index contributed by atoms with van der Waals surface area (Å²) in [6, 6.07) is 0.482. The number of guanidine groups is 1. The van der Waals surface area contributed by atoms with Gasteiger partial charge >= 0.3 is 0 Å². The van der Waals surface area contributed by atoms with E-state index in [4.69, 9.17) is 4.74 Å². The van der Waals surface area contributed by atoms with Crippen molar-refractivity contribution in [2.45, 2.75) is 64.8 Å². The maximum atomic E-state index is 5.32. The number of nitrogens with zero attached hydrogens (tertiary/aromatic N) is 1. The third kappa shape index (κ3) is 8.76. The Morgan fingerprint density at radius 2 is 2.24 bits per heavy atom. The maximum absolute atomic E-state index is 5.32. The molecule has 0 amide bonds. The normalized spacial score (nSPS) is 17.3. The first kappa shape index (κ1) is 18.0. The smallest absolute Gasteiger partial charge is 0.191 e. The predicted octanol–water partition coefficient (Wildman–Crippen LogP) is 3.25. The molecule has 0 aromatic rings. The van der Waals surface area contributed by atoms with Gasteiger partial charge in [0.1, 0.15) is 0 Å². The molecule has 0 spiro atoms.